The molecule has 0 aliphatic rings. The highest BCUT2D eigenvalue weighted by atomic mass is 32.1. The first-order valence-electron chi connectivity index (χ1n) is 10.3. The molecule has 0 fully saturated rings. The molecular formula is C25H24N4O2S. The van der Waals surface area contributed by atoms with Crippen LogP contribution in [0.5, 0.6) is 0 Å². The summed E-state index contributed by atoms with van der Waals surface area (Å²) in [5.41, 5.74) is 1.07. The van der Waals surface area contributed by atoms with Crippen molar-refractivity contribution in [2.24, 2.45) is 0 Å². The summed E-state index contributed by atoms with van der Waals surface area (Å²) in [6.45, 7) is 5.75. The highest BCUT2D eigenvalue weighted by molar-refractivity contribution is 7.03. The van der Waals surface area contributed by atoms with Gasteiger partial charge in [-0.25, -0.2) is 0 Å². The van der Waals surface area contributed by atoms with Gasteiger partial charge in [0.25, 0.3) is 5.91 Å². The molecule has 0 radical (unpaired) electrons. The van der Waals surface area contributed by atoms with Gasteiger partial charge in [0.15, 0.2) is 5.69 Å². The van der Waals surface area contributed by atoms with Crippen LogP contribution in [0.1, 0.15) is 42.9 Å². The molecule has 3 aromatic carbocycles. The van der Waals surface area contributed by atoms with Gasteiger partial charge in [-0.05, 0) is 49.3 Å². The van der Waals surface area contributed by atoms with Crippen molar-refractivity contribution in [1.82, 2.24) is 14.9 Å². The molecule has 0 spiro atoms. The molecule has 0 bridgehead atoms. The van der Waals surface area contributed by atoms with Gasteiger partial charge in [0.2, 0.25) is 5.91 Å². The Morgan fingerprint density at radius 1 is 0.938 bits per heavy atom. The normalized spacial score (nSPS) is 12.3. The maximum atomic E-state index is 13.8. The third-order valence-corrected chi connectivity index (χ3v) is 5.45. The predicted octanol–water partition coefficient (Wildman–Crippen LogP) is 4.99. The van der Waals surface area contributed by atoms with E-state index < -0.39 is 11.6 Å². The summed E-state index contributed by atoms with van der Waals surface area (Å²) in [5.74, 6) is -0.652. The van der Waals surface area contributed by atoms with Crippen LogP contribution in [-0.2, 0) is 4.79 Å². The quantitative estimate of drug-likeness (QED) is 0.470. The minimum absolute atomic E-state index is 0.201. The summed E-state index contributed by atoms with van der Waals surface area (Å²) in [7, 11) is 0. The molecule has 1 heterocycles. The fraction of sp³-hybridized carbons (Fsp3) is 0.200. The highest BCUT2D eigenvalue weighted by Gasteiger charge is 2.36. The topological polar surface area (TPSA) is 75.2 Å². The molecule has 1 N–H and O–H groups in total. The smallest absolute Gasteiger partial charge is 0.280 e. The van der Waals surface area contributed by atoms with Gasteiger partial charge in [0, 0.05) is 16.3 Å². The second kappa shape index (κ2) is 8.88. The number of carbonyl (C=O) groups excluding carboxylic acids is 2. The van der Waals surface area contributed by atoms with Gasteiger partial charge in [-0.15, -0.1) is 5.10 Å². The molecule has 0 aliphatic heterocycles. The molecule has 1 aromatic heterocycles. The minimum atomic E-state index is -0.893. The largest absolute Gasteiger partial charge is 0.349 e. The zero-order valence-corrected chi connectivity index (χ0v) is 19.0. The third kappa shape index (κ3) is 4.53. The lowest BCUT2D eigenvalue weighted by molar-refractivity contribution is -0.123. The number of rotatable bonds is 5. The van der Waals surface area contributed by atoms with E-state index in [0.717, 1.165) is 22.3 Å². The van der Waals surface area contributed by atoms with E-state index in [0.29, 0.717) is 11.3 Å². The molecule has 0 saturated heterocycles. The number of nitrogens with zero attached hydrogens (tertiary/aromatic N) is 3. The van der Waals surface area contributed by atoms with Crippen molar-refractivity contribution >= 4 is 39.8 Å². The van der Waals surface area contributed by atoms with E-state index in [2.05, 4.69) is 14.9 Å². The summed E-state index contributed by atoms with van der Waals surface area (Å²) in [5, 5.41) is 10.5. The Labute approximate surface area is 191 Å². The number of amides is 2. The Bertz CT molecular complexity index is 1230. The predicted molar refractivity (Wildman–Crippen MR) is 128 cm³/mol. The maximum absolute atomic E-state index is 13.8. The van der Waals surface area contributed by atoms with Crippen LogP contribution >= 0.6 is 11.5 Å². The van der Waals surface area contributed by atoms with Crippen molar-refractivity contribution in [3.05, 3.63) is 89.4 Å². The summed E-state index contributed by atoms with van der Waals surface area (Å²) < 4.78 is 3.86. The molecule has 2 amide bonds. The lowest BCUT2D eigenvalue weighted by Gasteiger charge is -2.34. The fourth-order valence-corrected chi connectivity index (χ4v) is 4.09. The molecule has 32 heavy (non-hydrogen) atoms. The number of nitrogens with one attached hydrogen (secondary N) is 1. The number of aromatic nitrogens is 2. The average molecular weight is 445 g/mol. The van der Waals surface area contributed by atoms with Crippen LogP contribution in [0.4, 0.5) is 5.69 Å². The van der Waals surface area contributed by atoms with Crippen LogP contribution in [0.25, 0.3) is 10.8 Å². The first-order valence-corrected chi connectivity index (χ1v) is 11.1. The van der Waals surface area contributed by atoms with E-state index in [-0.39, 0.29) is 17.5 Å². The zero-order valence-electron chi connectivity index (χ0n) is 18.1. The van der Waals surface area contributed by atoms with E-state index >= 15 is 0 Å². The van der Waals surface area contributed by atoms with Crippen molar-refractivity contribution in [2.75, 3.05) is 4.90 Å². The molecule has 162 valence electrons. The second-order valence-corrected chi connectivity index (χ2v) is 9.13. The number of carbonyl (C=O) groups is 2. The zero-order chi connectivity index (χ0) is 22.7. The first kappa shape index (κ1) is 21.6. The molecule has 6 nitrogen and oxygen atoms in total. The SMILES string of the molecule is CC(C)(C)NC(=O)[C@@H](c1ccccc1)N(C(=O)c1csnn1)c1cccc2ccccc12. The molecule has 0 unspecified atom stereocenters. The van der Waals surface area contributed by atoms with Crippen LogP contribution in [0.3, 0.4) is 0 Å². The Kier molecular flexibility index (Phi) is 6.01. The van der Waals surface area contributed by atoms with Crippen molar-refractivity contribution < 1.29 is 9.59 Å². The average Bonchev–Trinajstić information content (AvgIpc) is 3.31. The molecule has 7 heteroatoms. The highest BCUT2D eigenvalue weighted by Crippen LogP contribution is 2.35. The Morgan fingerprint density at radius 2 is 1.62 bits per heavy atom. The monoisotopic (exact) mass is 444 g/mol. The van der Waals surface area contributed by atoms with Gasteiger partial charge in [0.05, 0.1) is 5.69 Å². The van der Waals surface area contributed by atoms with Crippen LogP contribution < -0.4 is 10.2 Å². The second-order valence-electron chi connectivity index (χ2n) is 8.52. The molecule has 0 aliphatic carbocycles. The summed E-state index contributed by atoms with van der Waals surface area (Å²) in [6.07, 6.45) is 0. The molecule has 0 saturated carbocycles. The maximum Gasteiger partial charge on any atom is 0.280 e. The van der Waals surface area contributed by atoms with E-state index in [4.69, 9.17) is 0 Å². The molecular weight excluding hydrogens is 420 g/mol. The number of hydrogen-bond acceptors (Lipinski definition) is 5. The number of anilines is 1. The van der Waals surface area contributed by atoms with Crippen molar-refractivity contribution in [2.45, 2.75) is 32.4 Å². The lowest BCUT2D eigenvalue weighted by Crippen LogP contribution is -2.49. The Balaban J connectivity index is 1.95. The van der Waals surface area contributed by atoms with E-state index in [1.807, 2.05) is 93.6 Å². The first-order chi connectivity index (χ1) is 15.3. The lowest BCUT2D eigenvalue weighted by atomic mass is 9.99. The standard InChI is InChI=1S/C25H24N4O2S/c1-25(2,3)26-23(30)22(18-11-5-4-6-12-18)29(24(31)20-16-32-28-27-20)21-15-9-13-17-10-7-8-14-19(17)21/h4-16,22H,1-3H3,(H,26,30)/t22-/m1/s1. The number of benzene rings is 3. The molecule has 4 aromatic rings. The summed E-state index contributed by atoms with van der Waals surface area (Å²) in [4.78, 5) is 29.0. The molecule has 4 rings (SSSR count). The van der Waals surface area contributed by atoms with Gasteiger partial charge in [-0.3, -0.25) is 14.5 Å². The van der Waals surface area contributed by atoms with E-state index in [1.54, 1.807) is 5.38 Å². The van der Waals surface area contributed by atoms with Crippen LogP contribution in [0, 0.1) is 0 Å². The van der Waals surface area contributed by atoms with Crippen LogP contribution in [0.15, 0.2) is 78.2 Å². The fourth-order valence-electron chi connectivity index (χ4n) is 3.66. The van der Waals surface area contributed by atoms with Gasteiger partial charge in [-0.1, -0.05) is 71.2 Å². The van der Waals surface area contributed by atoms with Gasteiger partial charge in [0.1, 0.15) is 6.04 Å². The minimum Gasteiger partial charge on any atom is -0.349 e. The Morgan fingerprint density at radius 3 is 2.31 bits per heavy atom. The van der Waals surface area contributed by atoms with Gasteiger partial charge >= 0.3 is 0 Å². The van der Waals surface area contributed by atoms with Crippen molar-refractivity contribution in [1.29, 1.82) is 0 Å². The summed E-state index contributed by atoms with van der Waals surface area (Å²) >= 11 is 1.10. The van der Waals surface area contributed by atoms with E-state index in [1.165, 1.54) is 4.90 Å². The van der Waals surface area contributed by atoms with Gasteiger partial charge < -0.3 is 5.32 Å². The van der Waals surface area contributed by atoms with Crippen LogP contribution in [-0.4, -0.2) is 26.9 Å². The van der Waals surface area contributed by atoms with Crippen LogP contribution in [0.2, 0.25) is 0 Å². The summed E-state index contributed by atoms with van der Waals surface area (Å²) in [6, 6.07) is 22.0. The van der Waals surface area contributed by atoms with Crippen molar-refractivity contribution in [3.8, 4) is 0 Å². The van der Waals surface area contributed by atoms with E-state index in [9.17, 15) is 9.59 Å². The number of fused-ring (bicyclic) bond motifs is 1. The number of hydrogen-bond donors (Lipinski definition) is 1. The van der Waals surface area contributed by atoms with Gasteiger partial charge in [-0.2, -0.15) is 0 Å². The Hall–Kier alpha value is -3.58. The molecule has 1 atom stereocenters. The third-order valence-electron chi connectivity index (χ3n) is 4.94. The van der Waals surface area contributed by atoms with Crippen molar-refractivity contribution in [3.63, 3.8) is 0 Å².